The van der Waals surface area contributed by atoms with Crippen molar-refractivity contribution < 1.29 is 4.79 Å². The molecule has 13 heavy (non-hydrogen) atoms. The summed E-state index contributed by atoms with van der Waals surface area (Å²) < 4.78 is 0. The second-order valence-electron chi connectivity index (χ2n) is 2.29. The van der Waals surface area contributed by atoms with Crippen LogP contribution in [0.5, 0.6) is 0 Å². The van der Waals surface area contributed by atoms with E-state index < -0.39 is 0 Å². The third-order valence-corrected chi connectivity index (χ3v) is 1.91. The molecule has 0 saturated heterocycles. The largest absolute Gasteiger partial charge is 0.398 e. The summed E-state index contributed by atoms with van der Waals surface area (Å²) in [7, 11) is 0. The van der Waals surface area contributed by atoms with Crippen LogP contribution >= 0.6 is 35.6 Å². The molecule has 0 aromatic heterocycles. The molecule has 0 aliphatic rings. The summed E-state index contributed by atoms with van der Waals surface area (Å²) >= 11 is 11.0. The molecule has 0 unspecified atom stereocenters. The molecule has 2 N–H and O–H groups in total. The van der Waals surface area contributed by atoms with Crippen LogP contribution in [0.3, 0.4) is 0 Å². The van der Waals surface area contributed by atoms with Crippen molar-refractivity contribution in [3.05, 3.63) is 28.8 Å². The monoisotopic (exact) mass is 239 g/mol. The zero-order valence-corrected chi connectivity index (χ0v) is 8.92. The molecule has 1 aromatic carbocycles. The van der Waals surface area contributed by atoms with E-state index in [1.54, 1.807) is 12.1 Å². The van der Waals surface area contributed by atoms with Gasteiger partial charge in [-0.2, -0.15) is 0 Å². The summed E-state index contributed by atoms with van der Waals surface area (Å²) in [6.45, 7) is 0. The van der Waals surface area contributed by atoms with Gasteiger partial charge in [0.2, 0.25) is 0 Å². The van der Waals surface area contributed by atoms with Crippen molar-refractivity contribution in [2.75, 3.05) is 11.6 Å². The highest BCUT2D eigenvalue weighted by molar-refractivity contribution is 6.32. The first-order valence-electron chi connectivity index (χ1n) is 3.29. The van der Waals surface area contributed by atoms with Gasteiger partial charge in [-0.1, -0.05) is 11.6 Å². The van der Waals surface area contributed by atoms with Crippen molar-refractivity contribution >= 4 is 47.1 Å². The molecule has 1 aromatic rings. The zero-order chi connectivity index (χ0) is 9.14. The normalized spacial score (nSPS) is 9.08. The summed E-state index contributed by atoms with van der Waals surface area (Å²) in [5.41, 5.74) is 6.33. The van der Waals surface area contributed by atoms with Crippen LogP contribution in [0.1, 0.15) is 10.4 Å². The molecule has 0 spiro atoms. The van der Waals surface area contributed by atoms with Gasteiger partial charge in [-0.05, 0) is 18.2 Å². The number of rotatable bonds is 2. The van der Waals surface area contributed by atoms with E-state index in [-0.39, 0.29) is 24.1 Å². The number of alkyl halides is 1. The number of benzene rings is 1. The van der Waals surface area contributed by atoms with Crippen LogP contribution in [0.4, 0.5) is 5.69 Å². The fourth-order valence-electron chi connectivity index (χ4n) is 0.860. The van der Waals surface area contributed by atoms with E-state index in [1.165, 1.54) is 6.07 Å². The Labute approximate surface area is 92.4 Å². The number of hydrogen-bond acceptors (Lipinski definition) is 2. The molecule has 5 heteroatoms. The number of hydrogen-bond donors (Lipinski definition) is 1. The van der Waals surface area contributed by atoms with Crippen LogP contribution in [-0.2, 0) is 0 Å². The van der Waals surface area contributed by atoms with Crippen molar-refractivity contribution in [3.8, 4) is 0 Å². The Morgan fingerprint density at radius 1 is 1.46 bits per heavy atom. The van der Waals surface area contributed by atoms with Crippen LogP contribution in [-0.4, -0.2) is 11.7 Å². The molecule has 0 aliphatic heterocycles. The molecule has 1 rings (SSSR count). The third kappa shape index (κ3) is 3.07. The van der Waals surface area contributed by atoms with Crippen molar-refractivity contribution in [3.63, 3.8) is 0 Å². The lowest BCUT2D eigenvalue weighted by atomic mass is 10.1. The number of Topliss-reactive ketones (excluding diaryl/α,β-unsaturated/α-hetero) is 1. The summed E-state index contributed by atoms with van der Waals surface area (Å²) in [4.78, 5) is 11.1. The molecule has 0 aliphatic carbocycles. The van der Waals surface area contributed by atoms with E-state index in [2.05, 4.69) is 0 Å². The quantitative estimate of drug-likeness (QED) is 0.491. The predicted octanol–water partition coefficient (Wildman–Crippen LogP) is 2.77. The minimum Gasteiger partial charge on any atom is -0.398 e. The van der Waals surface area contributed by atoms with Crippen LogP contribution in [0.25, 0.3) is 0 Å². The molecular weight excluding hydrogens is 232 g/mol. The van der Waals surface area contributed by atoms with Gasteiger partial charge in [-0.3, -0.25) is 4.79 Å². The number of carbonyl (C=O) groups is 1. The third-order valence-electron chi connectivity index (χ3n) is 1.44. The van der Waals surface area contributed by atoms with Crippen LogP contribution in [0.15, 0.2) is 18.2 Å². The van der Waals surface area contributed by atoms with Gasteiger partial charge in [-0.15, -0.1) is 24.0 Å². The Bertz CT molecular complexity index is 314. The minimum absolute atomic E-state index is 0. The fourth-order valence-corrected chi connectivity index (χ4v) is 1.18. The lowest BCUT2D eigenvalue weighted by Crippen LogP contribution is -2.04. The van der Waals surface area contributed by atoms with E-state index in [1.807, 2.05) is 0 Å². The van der Waals surface area contributed by atoms with E-state index in [4.69, 9.17) is 28.9 Å². The molecule has 0 bridgehead atoms. The highest BCUT2D eigenvalue weighted by Gasteiger charge is 2.07. The first-order valence-corrected chi connectivity index (χ1v) is 4.20. The summed E-state index contributed by atoms with van der Waals surface area (Å²) in [6.07, 6.45) is 0. The lowest BCUT2D eigenvalue weighted by molar-refractivity contribution is 0.102. The van der Waals surface area contributed by atoms with E-state index in [0.29, 0.717) is 16.3 Å². The lowest BCUT2D eigenvalue weighted by Gasteiger charge is -2.01. The number of ketones is 1. The van der Waals surface area contributed by atoms with Gasteiger partial charge < -0.3 is 5.73 Å². The topological polar surface area (TPSA) is 43.1 Å². The highest BCUT2D eigenvalue weighted by Crippen LogP contribution is 2.18. The number of nitrogen functional groups attached to an aromatic ring is 1. The molecule has 2 nitrogen and oxygen atoms in total. The minimum atomic E-state index is -0.189. The Balaban J connectivity index is 0.00000144. The van der Waals surface area contributed by atoms with Gasteiger partial charge in [0.1, 0.15) is 0 Å². The van der Waals surface area contributed by atoms with Crippen LogP contribution in [0, 0.1) is 0 Å². The molecule has 0 saturated carbocycles. The number of halogens is 3. The van der Waals surface area contributed by atoms with Gasteiger partial charge in [0, 0.05) is 16.3 Å². The van der Waals surface area contributed by atoms with Crippen molar-refractivity contribution in [1.82, 2.24) is 0 Å². The number of carbonyl (C=O) groups excluding carboxylic acids is 1. The predicted molar refractivity (Wildman–Crippen MR) is 58.2 cm³/mol. The molecular formula is C8H8Cl3NO. The van der Waals surface area contributed by atoms with Gasteiger partial charge in [0.05, 0.1) is 5.88 Å². The summed E-state index contributed by atoms with van der Waals surface area (Å²) in [6, 6.07) is 4.71. The van der Waals surface area contributed by atoms with Crippen molar-refractivity contribution in [2.45, 2.75) is 0 Å². The van der Waals surface area contributed by atoms with Crippen LogP contribution < -0.4 is 5.73 Å². The van der Waals surface area contributed by atoms with E-state index in [9.17, 15) is 4.79 Å². The van der Waals surface area contributed by atoms with Gasteiger partial charge in [0.15, 0.2) is 5.78 Å². The highest BCUT2D eigenvalue weighted by atomic mass is 35.5. The van der Waals surface area contributed by atoms with Crippen molar-refractivity contribution in [2.24, 2.45) is 0 Å². The van der Waals surface area contributed by atoms with Gasteiger partial charge >= 0.3 is 0 Å². The summed E-state index contributed by atoms with van der Waals surface area (Å²) in [5, 5.41) is 0.513. The van der Waals surface area contributed by atoms with Gasteiger partial charge in [0.25, 0.3) is 0 Å². The zero-order valence-electron chi connectivity index (χ0n) is 6.59. The van der Waals surface area contributed by atoms with E-state index >= 15 is 0 Å². The maximum absolute atomic E-state index is 11.1. The SMILES string of the molecule is Cl.Nc1cc(Cl)ccc1C(=O)CCl. The maximum atomic E-state index is 11.1. The standard InChI is InChI=1S/C8H7Cl2NO.ClH/c9-4-8(12)6-2-1-5(10)3-7(6)11;/h1-3H,4,11H2;1H. The molecule has 0 amide bonds. The van der Waals surface area contributed by atoms with Gasteiger partial charge in [-0.25, -0.2) is 0 Å². The maximum Gasteiger partial charge on any atom is 0.179 e. The smallest absolute Gasteiger partial charge is 0.179 e. The molecule has 0 atom stereocenters. The van der Waals surface area contributed by atoms with Crippen LogP contribution in [0.2, 0.25) is 5.02 Å². The fraction of sp³-hybridized carbons (Fsp3) is 0.125. The average Bonchev–Trinajstić information content (AvgIpc) is 2.03. The number of anilines is 1. The first kappa shape index (κ1) is 12.6. The van der Waals surface area contributed by atoms with Crippen molar-refractivity contribution in [1.29, 1.82) is 0 Å². The molecule has 0 fully saturated rings. The Kier molecular flexibility index (Phi) is 5.14. The second kappa shape index (κ2) is 5.32. The Morgan fingerprint density at radius 2 is 2.08 bits per heavy atom. The molecule has 0 radical (unpaired) electrons. The number of nitrogens with two attached hydrogens (primary N) is 1. The second-order valence-corrected chi connectivity index (χ2v) is 2.99. The average molecular weight is 241 g/mol. The Hall–Kier alpha value is -0.440. The molecule has 72 valence electrons. The van der Waals surface area contributed by atoms with E-state index in [0.717, 1.165) is 0 Å². The molecule has 0 heterocycles. The Morgan fingerprint density at radius 3 is 2.54 bits per heavy atom. The summed E-state index contributed by atoms with van der Waals surface area (Å²) in [5.74, 6) is -0.253. The first-order chi connectivity index (χ1) is 5.65.